The first kappa shape index (κ1) is 22.2. The SMILES string of the molecule is CCN(CC)c1ccc(CNCC(C)C)c(OS(=O)(=O)c2ccc(F)cc2)c1. The molecule has 1 N–H and O–H groups in total. The first-order valence-electron chi connectivity index (χ1n) is 9.55. The summed E-state index contributed by atoms with van der Waals surface area (Å²) in [6.45, 7) is 11.2. The van der Waals surface area contributed by atoms with E-state index in [0.29, 0.717) is 12.5 Å². The van der Waals surface area contributed by atoms with E-state index in [1.54, 1.807) is 6.07 Å². The number of nitrogens with one attached hydrogen (secondary N) is 1. The second-order valence-corrected chi connectivity index (χ2v) is 8.53. The Labute approximate surface area is 167 Å². The Bertz CT molecular complexity index is 864. The average molecular weight is 409 g/mol. The van der Waals surface area contributed by atoms with E-state index in [2.05, 4.69) is 24.1 Å². The van der Waals surface area contributed by atoms with Crippen molar-refractivity contribution in [2.75, 3.05) is 24.5 Å². The molecule has 2 rings (SSSR count). The monoisotopic (exact) mass is 408 g/mol. The fourth-order valence-corrected chi connectivity index (χ4v) is 3.77. The highest BCUT2D eigenvalue weighted by Gasteiger charge is 2.20. The van der Waals surface area contributed by atoms with E-state index in [4.69, 9.17) is 4.18 Å². The van der Waals surface area contributed by atoms with Gasteiger partial charge >= 0.3 is 10.1 Å². The summed E-state index contributed by atoms with van der Waals surface area (Å²) in [5.74, 6) is 0.258. The minimum absolute atomic E-state index is 0.0803. The Kier molecular flexibility index (Phi) is 7.83. The molecule has 154 valence electrons. The zero-order valence-electron chi connectivity index (χ0n) is 16.9. The van der Waals surface area contributed by atoms with Crippen molar-refractivity contribution in [3.63, 3.8) is 0 Å². The van der Waals surface area contributed by atoms with Gasteiger partial charge in [-0.1, -0.05) is 19.9 Å². The van der Waals surface area contributed by atoms with Crippen LogP contribution in [0.25, 0.3) is 0 Å². The molecule has 0 unspecified atom stereocenters. The molecule has 0 atom stereocenters. The molecule has 0 bridgehead atoms. The number of benzene rings is 2. The fraction of sp³-hybridized carbons (Fsp3) is 0.429. The second-order valence-electron chi connectivity index (χ2n) is 6.98. The van der Waals surface area contributed by atoms with Crippen LogP contribution in [0.15, 0.2) is 47.4 Å². The smallest absolute Gasteiger partial charge is 0.339 e. The predicted molar refractivity (Wildman–Crippen MR) is 111 cm³/mol. The van der Waals surface area contributed by atoms with Gasteiger partial charge in [-0.2, -0.15) is 8.42 Å². The Morgan fingerprint density at radius 3 is 2.29 bits per heavy atom. The first-order chi connectivity index (χ1) is 13.3. The Hall–Kier alpha value is -2.12. The van der Waals surface area contributed by atoms with Gasteiger partial charge in [0.15, 0.2) is 0 Å². The summed E-state index contributed by atoms with van der Waals surface area (Å²) in [6.07, 6.45) is 0. The third-order valence-corrected chi connectivity index (χ3v) is 5.60. The highest BCUT2D eigenvalue weighted by Crippen LogP contribution is 2.29. The standard InChI is InChI=1S/C21H29FN2O3S/c1-5-24(6-2)19-10-7-17(15-23-14-16(3)4)21(13-19)27-28(25,26)20-11-8-18(22)9-12-20/h7-13,16,23H,5-6,14-15H2,1-4H3. The van der Waals surface area contributed by atoms with E-state index in [9.17, 15) is 12.8 Å². The first-order valence-corrected chi connectivity index (χ1v) is 11.0. The van der Waals surface area contributed by atoms with E-state index in [-0.39, 0.29) is 10.6 Å². The van der Waals surface area contributed by atoms with Gasteiger partial charge in [-0.25, -0.2) is 4.39 Å². The molecule has 0 aromatic heterocycles. The summed E-state index contributed by atoms with van der Waals surface area (Å²) in [7, 11) is -4.06. The molecule has 0 heterocycles. The lowest BCUT2D eigenvalue weighted by atomic mass is 10.1. The van der Waals surface area contributed by atoms with Crippen LogP contribution in [0.3, 0.4) is 0 Å². The molecule has 2 aromatic rings. The van der Waals surface area contributed by atoms with Gasteiger partial charge in [0, 0.05) is 37.0 Å². The van der Waals surface area contributed by atoms with E-state index >= 15 is 0 Å². The van der Waals surface area contributed by atoms with Crippen molar-refractivity contribution in [1.82, 2.24) is 5.32 Å². The van der Waals surface area contributed by atoms with Gasteiger partial charge in [-0.15, -0.1) is 0 Å². The van der Waals surface area contributed by atoms with Crippen molar-refractivity contribution in [2.45, 2.75) is 39.1 Å². The maximum atomic E-state index is 13.1. The molecular weight excluding hydrogens is 379 g/mol. The molecule has 0 spiro atoms. The summed E-state index contributed by atoms with van der Waals surface area (Å²) in [5, 5.41) is 3.31. The molecule has 2 aromatic carbocycles. The van der Waals surface area contributed by atoms with E-state index in [0.717, 1.165) is 43.0 Å². The van der Waals surface area contributed by atoms with Gasteiger partial charge in [-0.3, -0.25) is 0 Å². The van der Waals surface area contributed by atoms with Crippen LogP contribution in [0.2, 0.25) is 0 Å². The summed E-state index contributed by atoms with van der Waals surface area (Å²) >= 11 is 0. The summed E-state index contributed by atoms with van der Waals surface area (Å²) in [6, 6.07) is 10.2. The Morgan fingerprint density at radius 1 is 1.07 bits per heavy atom. The Morgan fingerprint density at radius 2 is 1.71 bits per heavy atom. The zero-order chi connectivity index (χ0) is 20.7. The van der Waals surface area contributed by atoms with Crippen LogP contribution in [0.1, 0.15) is 33.3 Å². The number of halogens is 1. The number of nitrogens with zero attached hydrogens (tertiary/aromatic N) is 1. The molecule has 5 nitrogen and oxygen atoms in total. The largest absolute Gasteiger partial charge is 0.379 e. The third-order valence-electron chi connectivity index (χ3n) is 4.35. The third kappa shape index (κ3) is 5.94. The molecule has 7 heteroatoms. The molecule has 0 aliphatic rings. The molecule has 0 amide bonds. The molecule has 0 fully saturated rings. The van der Waals surface area contributed by atoms with Gasteiger partial charge in [0.1, 0.15) is 16.5 Å². The maximum absolute atomic E-state index is 13.1. The highest BCUT2D eigenvalue weighted by molar-refractivity contribution is 7.87. The van der Waals surface area contributed by atoms with E-state index < -0.39 is 15.9 Å². The molecule has 28 heavy (non-hydrogen) atoms. The van der Waals surface area contributed by atoms with Crippen molar-refractivity contribution < 1.29 is 17.0 Å². The summed E-state index contributed by atoms with van der Waals surface area (Å²) < 4.78 is 44.0. The van der Waals surface area contributed by atoms with E-state index in [1.165, 1.54) is 12.1 Å². The van der Waals surface area contributed by atoms with Crippen molar-refractivity contribution in [3.8, 4) is 5.75 Å². The topological polar surface area (TPSA) is 58.6 Å². The molecule has 0 aliphatic heterocycles. The highest BCUT2D eigenvalue weighted by atomic mass is 32.2. The predicted octanol–water partition coefficient (Wildman–Crippen LogP) is 4.19. The number of hydrogen-bond donors (Lipinski definition) is 1. The number of hydrogen-bond acceptors (Lipinski definition) is 5. The van der Waals surface area contributed by atoms with Gasteiger partial charge in [-0.05, 0) is 56.6 Å². The molecule has 0 aliphatic carbocycles. The van der Waals surface area contributed by atoms with Crippen LogP contribution in [0.4, 0.5) is 10.1 Å². The van der Waals surface area contributed by atoms with Crippen molar-refractivity contribution in [2.24, 2.45) is 5.92 Å². The van der Waals surface area contributed by atoms with Crippen LogP contribution >= 0.6 is 0 Å². The normalized spacial score (nSPS) is 11.6. The molecular formula is C21H29FN2O3S. The summed E-state index contributed by atoms with van der Waals surface area (Å²) in [5.41, 5.74) is 1.64. The average Bonchev–Trinajstić information content (AvgIpc) is 2.64. The van der Waals surface area contributed by atoms with Gasteiger partial charge in [0.05, 0.1) is 0 Å². The second kappa shape index (κ2) is 9.89. The van der Waals surface area contributed by atoms with Crippen LogP contribution in [0.5, 0.6) is 5.75 Å². The van der Waals surface area contributed by atoms with E-state index in [1.807, 2.05) is 26.0 Å². The minimum atomic E-state index is -4.06. The van der Waals surface area contributed by atoms with Crippen LogP contribution in [-0.4, -0.2) is 28.1 Å². The quantitative estimate of drug-likeness (QED) is 0.598. The lowest BCUT2D eigenvalue weighted by Gasteiger charge is -2.23. The van der Waals surface area contributed by atoms with Crippen LogP contribution < -0.4 is 14.4 Å². The van der Waals surface area contributed by atoms with Crippen LogP contribution in [0, 0.1) is 11.7 Å². The Balaban J connectivity index is 2.36. The maximum Gasteiger partial charge on any atom is 0.339 e. The molecule has 0 saturated carbocycles. The van der Waals surface area contributed by atoms with Crippen molar-refractivity contribution in [1.29, 1.82) is 0 Å². The van der Waals surface area contributed by atoms with Gasteiger partial charge in [0.2, 0.25) is 0 Å². The number of anilines is 1. The fourth-order valence-electron chi connectivity index (χ4n) is 2.82. The van der Waals surface area contributed by atoms with Crippen molar-refractivity contribution >= 4 is 15.8 Å². The van der Waals surface area contributed by atoms with Crippen molar-refractivity contribution in [3.05, 3.63) is 53.8 Å². The van der Waals surface area contributed by atoms with Gasteiger partial charge in [0.25, 0.3) is 0 Å². The van der Waals surface area contributed by atoms with Crippen LogP contribution in [-0.2, 0) is 16.7 Å². The zero-order valence-corrected chi connectivity index (χ0v) is 17.7. The summed E-state index contributed by atoms with van der Waals surface area (Å²) in [4.78, 5) is 2.03. The lowest BCUT2D eigenvalue weighted by Crippen LogP contribution is -2.23. The molecule has 0 radical (unpaired) electrons. The molecule has 0 saturated heterocycles. The number of rotatable bonds is 10. The van der Waals surface area contributed by atoms with Gasteiger partial charge < -0.3 is 14.4 Å². The minimum Gasteiger partial charge on any atom is -0.379 e. The lowest BCUT2D eigenvalue weighted by molar-refractivity contribution is 0.478.